The molecule has 1 fully saturated rings. The van der Waals surface area contributed by atoms with Gasteiger partial charge in [0.25, 0.3) is 0 Å². The first-order chi connectivity index (χ1) is 10.1. The molecule has 7 heteroatoms. The van der Waals surface area contributed by atoms with Crippen LogP contribution < -0.4 is 5.73 Å². The maximum atomic E-state index is 12.1. The van der Waals surface area contributed by atoms with Crippen LogP contribution in [0.1, 0.15) is 18.4 Å². The first-order valence-corrected chi connectivity index (χ1v) is 8.00. The van der Waals surface area contributed by atoms with E-state index in [2.05, 4.69) is 21.7 Å². The molecule has 6 nitrogen and oxygen atoms in total. The highest BCUT2D eigenvalue weighted by molar-refractivity contribution is 7.07. The number of carbonyl (C=O) groups excluding carboxylic acids is 1. The molecule has 0 radical (unpaired) electrons. The highest BCUT2D eigenvalue weighted by Gasteiger charge is 2.25. The molecule has 0 aromatic carbocycles. The fourth-order valence-electron chi connectivity index (χ4n) is 2.40. The molecule has 2 rings (SSSR count). The maximum Gasteiger partial charge on any atom is 0.303 e. The zero-order chi connectivity index (χ0) is 15.2. The smallest absolute Gasteiger partial charge is 0.303 e. The van der Waals surface area contributed by atoms with Gasteiger partial charge in [0.2, 0.25) is 5.91 Å². The summed E-state index contributed by atoms with van der Waals surface area (Å²) in [5.74, 6) is -1.05. The lowest BCUT2D eigenvalue weighted by atomic mass is 10.1. The van der Waals surface area contributed by atoms with Crippen LogP contribution in [0.2, 0.25) is 0 Å². The maximum absolute atomic E-state index is 12.1. The summed E-state index contributed by atoms with van der Waals surface area (Å²) in [7, 11) is 0. The SMILES string of the molecule is NC(CCC(=O)O)C(=O)N1CCN(Cc2ccsc2)CC1. The Labute approximate surface area is 128 Å². The van der Waals surface area contributed by atoms with E-state index in [1.807, 2.05) is 0 Å². The van der Waals surface area contributed by atoms with Crippen molar-refractivity contribution in [1.29, 1.82) is 0 Å². The van der Waals surface area contributed by atoms with Crippen molar-refractivity contribution in [3.8, 4) is 0 Å². The second-order valence-corrected chi connectivity index (χ2v) is 6.05. The van der Waals surface area contributed by atoms with Crippen LogP contribution in [0.3, 0.4) is 0 Å². The number of amides is 1. The van der Waals surface area contributed by atoms with E-state index in [1.165, 1.54) is 5.56 Å². The molecule has 1 atom stereocenters. The minimum absolute atomic E-state index is 0.0645. The summed E-state index contributed by atoms with van der Waals surface area (Å²) < 4.78 is 0. The third-order valence-electron chi connectivity index (χ3n) is 3.66. The first kappa shape index (κ1) is 15.9. The lowest BCUT2D eigenvalue weighted by Gasteiger charge is -2.35. The Bertz CT molecular complexity index is 470. The molecule has 1 aliphatic heterocycles. The Morgan fingerprint density at radius 1 is 1.33 bits per heavy atom. The molecular formula is C14H21N3O3S. The summed E-state index contributed by atoms with van der Waals surface area (Å²) in [5.41, 5.74) is 7.08. The zero-order valence-corrected chi connectivity index (χ0v) is 12.7. The summed E-state index contributed by atoms with van der Waals surface area (Å²) in [6.07, 6.45) is 0.133. The quantitative estimate of drug-likeness (QED) is 0.803. The number of piperazine rings is 1. The van der Waals surface area contributed by atoms with Crippen molar-refractivity contribution in [1.82, 2.24) is 9.80 Å². The van der Waals surface area contributed by atoms with Crippen LogP contribution in [0.5, 0.6) is 0 Å². The molecule has 1 aliphatic rings. The van der Waals surface area contributed by atoms with Gasteiger partial charge in [0, 0.05) is 39.1 Å². The minimum atomic E-state index is -0.918. The third-order valence-corrected chi connectivity index (χ3v) is 4.39. The molecular weight excluding hydrogens is 290 g/mol. The summed E-state index contributed by atoms with van der Waals surface area (Å²) in [6.45, 7) is 3.88. The van der Waals surface area contributed by atoms with Gasteiger partial charge in [0.05, 0.1) is 6.04 Å². The van der Waals surface area contributed by atoms with Gasteiger partial charge in [-0.25, -0.2) is 0 Å². The topological polar surface area (TPSA) is 86.9 Å². The second-order valence-electron chi connectivity index (χ2n) is 5.27. The lowest BCUT2D eigenvalue weighted by molar-refractivity contribution is -0.138. The number of carboxylic acids is 1. The summed E-state index contributed by atoms with van der Waals surface area (Å²) >= 11 is 1.69. The average Bonchev–Trinajstić information content (AvgIpc) is 2.97. The van der Waals surface area contributed by atoms with E-state index >= 15 is 0 Å². The van der Waals surface area contributed by atoms with Gasteiger partial charge < -0.3 is 15.7 Å². The number of carbonyl (C=O) groups is 2. The Morgan fingerprint density at radius 3 is 2.62 bits per heavy atom. The molecule has 1 aromatic heterocycles. The number of nitrogens with zero attached hydrogens (tertiary/aromatic N) is 2. The van der Waals surface area contributed by atoms with E-state index < -0.39 is 12.0 Å². The summed E-state index contributed by atoms with van der Waals surface area (Å²) in [4.78, 5) is 26.7. The molecule has 1 amide bonds. The largest absolute Gasteiger partial charge is 0.481 e. The second kappa shape index (κ2) is 7.53. The molecule has 116 valence electrons. The first-order valence-electron chi connectivity index (χ1n) is 7.06. The van der Waals surface area contributed by atoms with Crippen molar-refractivity contribution in [2.75, 3.05) is 26.2 Å². The highest BCUT2D eigenvalue weighted by Crippen LogP contribution is 2.12. The van der Waals surface area contributed by atoms with Crippen molar-refractivity contribution in [2.45, 2.75) is 25.4 Å². The zero-order valence-electron chi connectivity index (χ0n) is 11.9. The van der Waals surface area contributed by atoms with Crippen LogP contribution >= 0.6 is 11.3 Å². The van der Waals surface area contributed by atoms with Crippen molar-refractivity contribution in [2.24, 2.45) is 5.73 Å². The van der Waals surface area contributed by atoms with Crippen molar-refractivity contribution < 1.29 is 14.7 Å². The van der Waals surface area contributed by atoms with Gasteiger partial charge >= 0.3 is 5.97 Å². The van der Waals surface area contributed by atoms with E-state index in [9.17, 15) is 9.59 Å². The number of rotatable bonds is 6. The van der Waals surface area contributed by atoms with Crippen LogP contribution in [0.25, 0.3) is 0 Å². The molecule has 0 spiro atoms. The number of hydrogen-bond donors (Lipinski definition) is 2. The third kappa shape index (κ3) is 4.80. The molecule has 1 unspecified atom stereocenters. The summed E-state index contributed by atoms with van der Waals surface area (Å²) in [5, 5.41) is 12.8. The fourth-order valence-corrected chi connectivity index (χ4v) is 3.06. The van der Waals surface area contributed by atoms with Crippen molar-refractivity contribution in [3.05, 3.63) is 22.4 Å². The van der Waals surface area contributed by atoms with Crippen LogP contribution in [0.4, 0.5) is 0 Å². The molecule has 0 bridgehead atoms. The van der Waals surface area contributed by atoms with Gasteiger partial charge in [-0.2, -0.15) is 11.3 Å². The van der Waals surface area contributed by atoms with Gasteiger partial charge in [0.1, 0.15) is 0 Å². The predicted molar refractivity (Wildman–Crippen MR) is 81.0 cm³/mol. The van der Waals surface area contributed by atoms with Crippen molar-refractivity contribution in [3.63, 3.8) is 0 Å². The number of hydrogen-bond acceptors (Lipinski definition) is 5. The number of aliphatic carboxylic acids is 1. The lowest BCUT2D eigenvalue weighted by Crippen LogP contribution is -2.52. The van der Waals surface area contributed by atoms with Crippen LogP contribution in [-0.4, -0.2) is 59.0 Å². The molecule has 3 N–H and O–H groups in total. The number of thiophene rings is 1. The van der Waals surface area contributed by atoms with Gasteiger partial charge in [-0.3, -0.25) is 14.5 Å². The summed E-state index contributed by atoms with van der Waals surface area (Å²) in [6, 6.07) is 1.41. The fraction of sp³-hybridized carbons (Fsp3) is 0.571. The van der Waals surface area contributed by atoms with Gasteiger partial charge in [-0.1, -0.05) is 0 Å². The Kier molecular flexibility index (Phi) is 5.72. The number of nitrogens with two attached hydrogens (primary N) is 1. The van der Waals surface area contributed by atoms with Crippen LogP contribution in [0, 0.1) is 0 Å². The van der Waals surface area contributed by atoms with Crippen LogP contribution in [-0.2, 0) is 16.1 Å². The molecule has 0 aliphatic carbocycles. The molecule has 2 heterocycles. The van der Waals surface area contributed by atoms with E-state index in [1.54, 1.807) is 16.2 Å². The van der Waals surface area contributed by atoms with Crippen LogP contribution in [0.15, 0.2) is 16.8 Å². The monoisotopic (exact) mass is 311 g/mol. The Hall–Kier alpha value is -1.44. The molecule has 21 heavy (non-hydrogen) atoms. The van der Waals surface area contributed by atoms with Crippen molar-refractivity contribution >= 4 is 23.2 Å². The van der Waals surface area contributed by atoms with Gasteiger partial charge in [-0.15, -0.1) is 0 Å². The highest BCUT2D eigenvalue weighted by atomic mass is 32.1. The Morgan fingerprint density at radius 2 is 2.05 bits per heavy atom. The van der Waals surface area contributed by atoms with E-state index in [-0.39, 0.29) is 18.7 Å². The van der Waals surface area contributed by atoms with E-state index in [4.69, 9.17) is 10.8 Å². The minimum Gasteiger partial charge on any atom is -0.481 e. The van der Waals surface area contributed by atoms with Gasteiger partial charge in [0.15, 0.2) is 0 Å². The molecule has 1 saturated heterocycles. The normalized spacial score (nSPS) is 17.7. The standard InChI is InChI=1S/C14H21N3O3S/c15-12(1-2-13(18)19)14(20)17-6-4-16(5-7-17)9-11-3-8-21-10-11/h3,8,10,12H,1-2,4-7,9,15H2,(H,18,19). The molecule has 1 aromatic rings. The average molecular weight is 311 g/mol. The Balaban J connectivity index is 1.75. The molecule has 0 saturated carbocycles. The van der Waals surface area contributed by atoms with Gasteiger partial charge in [-0.05, 0) is 28.8 Å². The van der Waals surface area contributed by atoms with E-state index in [0.717, 1.165) is 19.6 Å². The number of carboxylic acid groups (broad SMARTS) is 1. The predicted octanol–water partition coefficient (Wildman–Crippen LogP) is 0.584. The van der Waals surface area contributed by atoms with E-state index in [0.29, 0.717) is 13.1 Å².